The number of ether oxygens (including phenoxy) is 1. The molecule has 2 fully saturated rings. The van der Waals surface area contributed by atoms with Crippen LogP contribution in [0.5, 0.6) is 5.75 Å². The molecule has 1 aromatic rings. The molecule has 0 bridgehead atoms. The Morgan fingerprint density at radius 3 is 2.48 bits per heavy atom. The highest BCUT2D eigenvalue weighted by molar-refractivity contribution is 5.78. The number of hydrogen-bond donors (Lipinski definition) is 1. The third-order valence-corrected chi connectivity index (χ3v) is 4.83. The molecule has 1 heterocycles. The van der Waals surface area contributed by atoms with E-state index in [1.54, 1.807) is 0 Å². The van der Waals surface area contributed by atoms with Crippen molar-refractivity contribution in [1.29, 1.82) is 0 Å². The molecule has 0 spiro atoms. The van der Waals surface area contributed by atoms with E-state index in [0.29, 0.717) is 19.1 Å². The number of nitrogens with one attached hydrogen (secondary N) is 1. The van der Waals surface area contributed by atoms with Gasteiger partial charge in [0.2, 0.25) is 5.91 Å². The number of benzene rings is 1. The molecule has 4 heteroatoms. The number of carbonyl (C=O) groups excluding carboxylic acids is 1. The summed E-state index contributed by atoms with van der Waals surface area (Å²) in [6.45, 7) is 5.59. The zero-order chi connectivity index (χ0) is 16.1. The van der Waals surface area contributed by atoms with Crippen LogP contribution in [0.3, 0.4) is 0 Å². The molecule has 3 rings (SSSR count). The topological polar surface area (TPSA) is 41.6 Å². The summed E-state index contributed by atoms with van der Waals surface area (Å²) < 4.78 is 5.44. The molecule has 1 amide bonds. The van der Waals surface area contributed by atoms with Gasteiger partial charge < -0.3 is 15.0 Å². The van der Waals surface area contributed by atoms with Crippen LogP contribution in [-0.4, -0.2) is 43.1 Å². The minimum absolute atomic E-state index is 0.245. The Bertz CT molecular complexity index is 503. The molecule has 0 radical (unpaired) electrons. The molecule has 1 saturated carbocycles. The van der Waals surface area contributed by atoms with Gasteiger partial charge in [0, 0.05) is 19.1 Å². The Morgan fingerprint density at radius 1 is 1.17 bits per heavy atom. The summed E-state index contributed by atoms with van der Waals surface area (Å²) in [5.41, 5.74) is 1.06. The van der Waals surface area contributed by atoms with E-state index in [9.17, 15) is 4.79 Å². The average molecular weight is 316 g/mol. The van der Waals surface area contributed by atoms with Crippen LogP contribution in [-0.2, 0) is 11.2 Å². The van der Waals surface area contributed by atoms with Crippen molar-refractivity contribution >= 4 is 5.91 Å². The van der Waals surface area contributed by atoms with Crippen LogP contribution in [0.15, 0.2) is 24.3 Å². The van der Waals surface area contributed by atoms with Gasteiger partial charge in [-0.2, -0.15) is 0 Å². The summed E-state index contributed by atoms with van der Waals surface area (Å²) in [4.78, 5) is 14.5. The summed E-state index contributed by atoms with van der Waals surface area (Å²) in [6, 6.07) is 8.48. The monoisotopic (exact) mass is 316 g/mol. The predicted molar refractivity (Wildman–Crippen MR) is 91.6 cm³/mol. The van der Waals surface area contributed by atoms with Gasteiger partial charge in [0.05, 0.1) is 13.0 Å². The minimum Gasteiger partial charge on any atom is -0.494 e. The van der Waals surface area contributed by atoms with Crippen LogP contribution in [0.2, 0.25) is 0 Å². The van der Waals surface area contributed by atoms with Crippen molar-refractivity contribution in [3.8, 4) is 5.75 Å². The molecule has 1 aromatic carbocycles. The van der Waals surface area contributed by atoms with E-state index in [2.05, 4.69) is 5.32 Å². The van der Waals surface area contributed by atoms with E-state index in [0.717, 1.165) is 43.2 Å². The second-order valence-electron chi connectivity index (χ2n) is 6.76. The Hall–Kier alpha value is -1.55. The van der Waals surface area contributed by atoms with Crippen molar-refractivity contribution in [1.82, 2.24) is 10.2 Å². The third-order valence-electron chi connectivity index (χ3n) is 4.83. The summed E-state index contributed by atoms with van der Waals surface area (Å²) in [5.74, 6) is 2.04. The van der Waals surface area contributed by atoms with Crippen LogP contribution < -0.4 is 10.1 Å². The number of nitrogens with zero attached hydrogens (tertiary/aromatic N) is 1. The number of hydrogen-bond acceptors (Lipinski definition) is 3. The average Bonchev–Trinajstić information content (AvgIpc) is 3.40. The van der Waals surface area contributed by atoms with E-state index in [-0.39, 0.29) is 5.91 Å². The zero-order valence-electron chi connectivity index (χ0n) is 14.1. The summed E-state index contributed by atoms with van der Waals surface area (Å²) in [5, 5.41) is 3.66. The van der Waals surface area contributed by atoms with Gasteiger partial charge >= 0.3 is 0 Å². The first-order chi connectivity index (χ1) is 11.2. The number of amides is 1. The molecule has 1 aliphatic heterocycles. The molecule has 1 saturated heterocycles. The normalized spacial score (nSPS) is 18.9. The lowest BCUT2D eigenvalue weighted by Crippen LogP contribution is -2.45. The summed E-state index contributed by atoms with van der Waals surface area (Å²) in [6.07, 6.45) is 5.45. The molecule has 0 atom stereocenters. The van der Waals surface area contributed by atoms with E-state index < -0.39 is 0 Å². The Kier molecular flexibility index (Phi) is 5.55. The smallest absolute Gasteiger partial charge is 0.226 e. The van der Waals surface area contributed by atoms with Gasteiger partial charge in [-0.1, -0.05) is 12.1 Å². The van der Waals surface area contributed by atoms with Crippen LogP contribution in [0.4, 0.5) is 0 Å². The lowest BCUT2D eigenvalue weighted by Gasteiger charge is -2.32. The van der Waals surface area contributed by atoms with E-state index in [4.69, 9.17) is 4.74 Å². The fourth-order valence-electron chi connectivity index (χ4n) is 3.14. The molecular formula is C19H28N2O2. The second kappa shape index (κ2) is 7.82. The molecule has 2 aliphatic rings. The molecule has 0 unspecified atom stereocenters. The highest BCUT2D eigenvalue weighted by Crippen LogP contribution is 2.28. The van der Waals surface area contributed by atoms with Crippen molar-refractivity contribution < 1.29 is 9.53 Å². The number of rotatable bonds is 7. The largest absolute Gasteiger partial charge is 0.494 e. The number of carbonyl (C=O) groups is 1. The Balaban J connectivity index is 1.41. The SMILES string of the molecule is CCOc1ccc(CC(=O)N2CCC(NCC3CC3)CC2)cc1. The predicted octanol–water partition coefficient (Wildman–Crippen LogP) is 2.62. The van der Waals surface area contributed by atoms with Gasteiger partial charge in [0.1, 0.15) is 5.75 Å². The van der Waals surface area contributed by atoms with Crippen molar-refractivity contribution in [2.24, 2.45) is 5.92 Å². The first-order valence-corrected chi connectivity index (χ1v) is 8.97. The lowest BCUT2D eigenvalue weighted by molar-refractivity contribution is -0.131. The molecule has 0 aromatic heterocycles. The minimum atomic E-state index is 0.245. The maximum Gasteiger partial charge on any atom is 0.226 e. The van der Waals surface area contributed by atoms with Gasteiger partial charge in [-0.25, -0.2) is 0 Å². The molecule has 23 heavy (non-hydrogen) atoms. The van der Waals surface area contributed by atoms with Crippen molar-refractivity contribution in [3.05, 3.63) is 29.8 Å². The number of piperidine rings is 1. The van der Waals surface area contributed by atoms with Gasteiger partial charge in [0.15, 0.2) is 0 Å². The van der Waals surface area contributed by atoms with E-state index in [1.807, 2.05) is 36.1 Å². The standard InChI is InChI=1S/C19H28N2O2/c1-2-23-18-7-5-15(6-8-18)13-19(22)21-11-9-17(10-12-21)20-14-16-3-4-16/h5-8,16-17,20H,2-4,9-14H2,1H3. The van der Waals surface area contributed by atoms with Gasteiger partial charge in [-0.15, -0.1) is 0 Å². The lowest BCUT2D eigenvalue weighted by atomic mass is 10.0. The highest BCUT2D eigenvalue weighted by Gasteiger charge is 2.25. The Labute approximate surface area is 139 Å². The van der Waals surface area contributed by atoms with Crippen molar-refractivity contribution in [2.75, 3.05) is 26.2 Å². The maximum atomic E-state index is 12.4. The van der Waals surface area contributed by atoms with Crippen molar-refractivity contribution in [2.45, 2.75) is 45.1 Å². The fourth-order valence-corrected chi connectivity index (χ4v) is 3.14. The second-order valence-corrected chi connectivity index (χ2v) is 6.76. The summed E-state index contributed by atoms with van der Waals surface area (Å²) in [7, 11) is 0. The van der Waals surface area contributed by atoms with Gasteiger partial charge in [0.25, 0.3) is 0 Å². The summed E-state index contributed by atoms with van der Waals surface area (Å²) >= 11 is 0. The molecule has 1 N–H and O–H groups in total. The van der Waals surface area contributed by atoms with Crippen LogP contribution in [0, 0.1) is 5.92 Å². The highest BCUT2D eigenvalue weighted by atomic mass is 16.5. The van der Waals surface area contributed by atoms with Crippen molar-refractivity contribution in [3.63, 3.8) is 0 Å². The third kappa shape index (κ3) is 4.96. The van der Waals surface area contributed by atoms with Crippen LogP contribution in [0.1, 0.15) is 38.2 Å². The van der Waals surface area contributed by atoms with Crippen LogP contribution in [0.25, 0.3) is 0 Å². The zero-order valence-corrected chi connectivity index (χ0v) is 14.1. The molecule has 4 nitrogen and oxygen atoms in total. The number of likely N-dealkylation sites (tertiary alicyclic amines) is 1. The van der Waals surface area contributed by atoms with Gasteiger partial charge in [-0.05, 0) is 62.8 Å². The maximum absolute atomic E-state index is 12.4. The molecule has 1 aliphatic carbocycles. The first-order valence-electron chi connectivity index (χ1n) is 8.97. The quantitative estimate of drug-likeness (QED) is 0.841. The molecule has 126 valence electrons. The van der Waals surface area contributed by atoms with Gasteiger partial charge in [-0.3, -0.25) is 4.79 Å². The fraction of sp³-hybridized carbons (Fsp3) is 0.632. The molecular weight excluding hydrogens is 288 g/mol. The van der Waals surface area contributed by atoms with E-state index in [1.165, 1.54) is 19.4 Å². The van der Waals surface area contributed by atoms with E-state index >= 15 is 0 Å². The first kappa shape index (κ1) is 16.3. The van der Waals surface area contributed by atoms with Crippen LogP contribution >= 0.6 is 0 Å². The Morgan fingerprint density at radius 2 is 1.87 bits per heavy atom.